The van der Waals surface area contributed by atoms with Gasteiger partial charge in [-0.05, 0) is 24.3 Å². The van der Waals surface area contributed by atoms with Crippen LogP contribution in [0.25, 0.3) is 0 Å². The number of benzene rings is 1. The molecule has 1 aromatic rings. The van der Waals surface area contributed by atoms with Crippen LogP contribution in [0, 0.1) is 0 Å². The summed E-state index contributed by atoms with van der Waals surface area (Å²) in [4.78, 5) is 0.163. The Balaban J connectivity index is 2.57. The average molecular weight is 251 g/mol. The maximum Gasteiger partial charge on any atom is 0.573 e. The average Bonchev–Trinajstić information content (AvgIpc) is 2.14. The molecular weight excluding hydrogens is 243 g/mol. The van der Waals surface area contributed by atoms with Gasteiger partial charge in [-0.25, -0.2) is 0 Å². The van der Waals surface area contributed by atoms with Crippen molar-refractivity contribution in [3.8, 4) is 11.5 Å². The Morgan fingerprint density at radius 1 is 1.19 bits per heavy atom. The monoisotopic (exact) mass is 251 g/mol. The number of nitrogens with two attached hydrogens (primary N) is 1. The Kier molecular flexibility index (Phi) is 3.94. The lowest BCUT2D eigenvalue weighted by molar-refractivity contribution is -0.274. The molecule has 0 aliphatic rings. The summed E-state index contributed by atoms with van der Waals surface area (Å²) in [6, 6.07) is 4.95. The predicted octanol–water partition coefficient (Wildman–Crippen LogP) is 2.25. The Morgan fingerprint density at radius 2 is 1.69 bits per heavy atom. The van der Waals surface area contributed by atoms with E-state index < -0.39 is 6.36 Å². The third-order valence-corrected chi connectivity index (χ3v) is 1.56. The van der Waals surface area contributed by atoms with Crippen molar-refractivity contribution in [2.45, 2.75) is 6.36 Å². The van der Waals surface area contributed by atoms with Crippen LogP contribution in [0.1, 0.15) is 0 Å². The zero-order valence-electron chi connectivity index (χ0n) is 7.95. The summed E-state index contributed by atoms with van der Waals surface area (Å²) < 4.78 is 44.2. The van der Waals surface area contributed by atoms with Crippen LogP contribution in [0.3, 0.4) is 0 Å². The Labute approximate surface area is 94.9 Å². The largest absolute Gasteiger partial charge is 0.573 e. The van der Waals surface area contributed by atoms with Crippen molar-refractivity contribution in [2.24, 2.45) is 5.73 Å². The molecule has 0 aromatic heterocycles. The van der Waals surface area contributed by atoms with Crippen LogP contribution in [0.4, 0.5) is 13.2 Å². The van der Waals surface area contributed by atoms with E-state index in [2.05, 4.69) is 17.0 Å². The first-order valence-corrected chi connectivity index (χ1v) is 4.54. The van der Waals surface area contributed by atoms with Crippen LogP contribution in [-0.4, -0.2) is 18.0 Å². The van der Waals surface area contributed by atoms with Gasteiger partial charge >= 0.3 is 6.36 Å². The Bertz CT molecular complexity index is 364. The topological polar surface area (TPSA) is 44.5 Å². The van der Waals surface area contributed by atoms with E-state index in [0.29, 0.717) is 5.75 Å². The molecular formula is C9H8F3NO2S. The molecule has 2 N–H and O–H groups in total. The molecule has 0 saturated carbocycles. The molecule has 3 nitrogen and oxygen atoms in total. The molecule has 0 heterocycles. The van der Waals surface area contributed by atoms with Crippen molar-refractivity contribution >= 4 is 17.2 Å². The zero-order chi connectivity index (χ0) is 12.2. The maximum absolute atomic E-state index is 11.8. The minimum atomic E-state index is -4.69. The number of halogens is 3. The molecule has 0 atom stereocenters. The van der Waals surface area contributed by atoms with Crippen LogP contribution >= 0.6 is 12.2 Å². The van der Waals surface area contributed by atoms with Crippen molar-refractivity contribution in [1.82, 2.24) is 0 Å². The van der Waals surface area contributed by atoms with Crippen molar-refractivity contribution in [3.05, 3.63) is 24.3 Å². The lowest BCUT2D eigenvalue weighted by Crippen LogP contribution is -2.18. The van der Waals surface area contributed by atoms with Gasteiger partial charge in [-0.3, -0.25) is 0 Å². The number of alkyl halides is 3. The third kappa shape index (κ3) is 4.83. The van der Waals surface area contributed by atoms with Crippen molar-refractivity contribution in [2.75, 3.05) is 6.61 Å². The van der Waals surface area contributed by atoms with Gasteiger partial charge in [0.15, 0.2) is 0 Å². The molecule has 0 unspecified atom stereocenters. The molecule has 0 saturated heterocycles. The van der Waals surface area contributed by atoms with E-state index in [9.17, 15) is 13.2 Å². The van der Waals surface area contributed by atoms with Gasteiger partial charge in [-0.2, -0.15) is 0 Å². The van der Waals surface area contributed by atoms with Crippen LogP contribution < -0.4 is 15.2 Å². The SMILES string of the molecule is NC(=S)COc1ccc(OC(F)(F)F)cc1. The third-order valence-electron chi connectivity index (χ3n) is 1.44. The normalized spacial score (nSPS) is 10.9. The highest BCUT2D eigenvalue weighted by Crippen LogP contribution is 2.24. The molecule has 0 spiro atoms. The molecule has 0 bridgehead atoms. The quantitative estimate of drug-likeness (QED) is 0.833. The van der Waals surface area contributed by atoms with Crippen LogP contribution in [0.15, 0.2) is 24.3 Å². The van der Waals surface area contributed by atoms with Crippen molar-refractivity contribution < 1.29 is 22.6 Å². The molecule has 1 aromatic carbocycles. The first-order valence-electron chi connectivity index (χ1n) is 4.14. The minimum Gasteiger partial charge on any atom is -0.487 e. The van der Waals surface area contributed by atoms with E-state index >= 15 is 0 Å². The highest BCUT2D eigenvalue weighted by atomic mass is 32.1. The molecule has 0 fully saturated rings. The number of hydrogen-bond donors (Lipinski definition) is 1. The van der Waals surface area contributed by atoms with Crippen LogP contribution in [0.2, 0.25) is 0 Å². The van der Waals surface area contributed by atoms with Crippen molar-refractivity contribution in [3.63, 3.8) is 0 Å². The maximum atomic E-state index is 11.8. The first kappa shape index (κ1) is 12.6. The van der Waals surface area contributed by atoms with Crippen LogP contribution in [0.5, 0.6) is 11.5 Å². The number of rotatable bonds is 4. The molecule has 0 radical (unpaired) electrons. The standard InChI is InChI=1S/C9H8F3NO2S/c10-9(11,12)15-7-3-1-6(2-4-7)14-5-8(13)16/h1-4H,5H2,(H2,13,16). The second-order valence-corrected chi connectivity index (χ2v) is 3.30. The fraction of sp³-hybridized carbons (Fsp3) is 0.222. The summed E-state index contributed by atoms with van der Waals surface area (Å²) >= 11 is 4.57. The van der Waals surface area contributed by atoms with E-state index in [1.54, 1.807) is 0 Å². The molecule has 1 rings (SSSR count). The Hall–Kier alpha value is -1.50. The van der Waals surface area contributed by atoms with Crippen LogP contribution in [-0.2, 0) is 0 Å². The van der Waals surface area contributed by atoms with E-state index in [0.717, 1.165) is 12.1 Å². The lowest BCUT2D eigenvalue weighted by Gasteiger charge is -2.09. The molecule has 0 amide bonds. The smallest absolute Gasteiger partial charge is 0.487 e. The number of hydrogen-bond acceptors (Lipinski definition) is 3. The fourth-order valence-corrected chi connectivity index (χ4v) is 0.951. The van der Waals surface area contributed by atoms with Gasteiger partial charge in [0.25, 0.3) is 0 Å². The van der Waals surface area contributed by atoms with Gasteiger partial charge in [-0.15, -0.1) is 13.2 Å². The summed E-state index contributed by atoms with van der Waals surface area (Å²) in [7, 11) is 0. The van der Waals surface area contributed by atoms with Gasteiger partial charge in [0.1, 0.15) is 23.1 Å². The molecule has 0 aliphatic carbocycles. The summed E-state index contributed by atoms with van der Waals surface area (Å²) in [5.41, 5.74) is 5.19. The van der Waals surface area contributed by atoms with Gasteiger partial charge in [0.2, 0.25) is 0 Å². The Morgan fingerprint density at radius 3 is 2.12 bits per heavy atom. The summed E-state index contributed by atoms with van der Waals surface area (Å²) in [5.74, 6) is 0.0532. The zero-order valence-corrected chi connectivity index (χ0v) is 8.77. The number of thiocarbonyl (C=S) groups is 1. The van der Waals surface area contributed by atoms with E-state index in [1.807, 2.05) is 0 Å². The predicted molar refractivity (Wildman–Crippen MR) is 55.4 cm³/mol. The molecule has 16 heavy (non-hydrogen) atoms. The highest BCUT2D eigenvalue weighted by Gasteiger charge is 2.30. The van der Waals surface area contributed by atoms with Gasteiger partial charge in [0.05, 0.1) is 0 Å². The summed E-state index contributed by atoms with van der Waals surface area (Å²) in [6.45, 7) is 0.0365. The molecule has 88 valence electrons. The van der Waals surface area contributed by atoms with E-state index in [1.165, 1.54) is 12.1 Å². The highest BCUT2D eigenvalue weighted by molar-refractivity contribution is 7.80. The lowest BCUT2D eigenvalue weighted by atomic mass is 10.3. The first-order chi connectivity index (χ1) is 7.37. The number of ether oxygens (including phenoxy) is 2. The van der Waals surface area contributed by atoms with E-state index in [4.69, 9.17) is 10.5 Å². The summed E-state index contributed by atoms with van der Waals surface area (Å²) in [6.07, 6.45) is -4.69. The fourth-order valence-electron chi connectivity index (χ4n) is 0.892. The van der Waals surface area contributed by atoms with Gasteiger partial charge < -0.3 is 15.2 Å². The van der Waals surface area contributed by atoms with Gasteiger partial charge in [-0.1, -0.05) is 12.2 Å². The van der Waals surface area contributed by atoms with Gasteiger partial charge in [0, 0.05) is 0 Å². The van der Waals surface area contributed by atoms with E-state index in [-0.39, 0.29) is 17.3 Å². The molecule has 0 aliphatic heterocycles. The second-order valence-electron chi connectivity index (χ2n) is 2.77. The second kappa shape index (κ2) is 5.02. The summed E-state index contributed by atoms with van der Waals surface area (Å²) in [5, 5.41) is 0. The minimum absolute atomic E-state index is 0.0365. The van der Waals surface area contributed by atoms with Crippen molar-refractivity contribution in [1.29, 1.82) is 0 Å². The molecule has 7 heteroatoms.